The summed E-state index contributed by atoms with van der Waals surface area (Å²) in [5.41, 5.74) is 0. The van der Waals surface area contributed by atoms with Crippen molar-refractivity contribution in [3.63, 3.8) is 0 Å². The van der Waals surface area contributed by atoms with Gasteiger partial charge in [0.1, 0.15) is 0 Å². The van der Waals surface area contributed by atoms with Crippen LogP contribution in [-0.4, -0.2) is 48.0 Å². The van der Waals surface area contributed by atoms with Gasteiger partial charge in [0.2, 0.25) is 0 Å². The zero-order chi connectivity index (χ0) is 11.1. The molecule has 0 aliphatic carbocycles. The monoisotopic (exact) mass is 234 g/mol. The lowest BCUT2D eigenvalue weighted by Crippen LogP contribution is -2.27. The predicted octanol–water partition coefficient (Wildman–Crippen LogP) is 1.39. The Balaban J connectivity index is 2.12. The fourth-order valence-corrected chi connectivity index (χ4v) is 2.59. The van der Waals surface area contributed by atoms with Crippen LogP contribution < -0.4 is 0 Å². The highest BCUT2D eigenvalue weighted by molar-refractivity contribution is 7.99. The van der Waals surface area contributed by atoms with E-state index < -0.39 is 12.1 Å². The zero-order valence-corrected chi connectivity index (χ0v) is 9.79. The standard InChI is InChI=1S/C10H18O4S/c1-2-13-9(10(11)12)7-15-6-8-4-3-5-14-8/h8-9H,2-7H2,1H3,(H,11,12). The van der Waals surface area contributed by atoms with Crippen LogP contribution in [0, 0.1) is 0 Å². The molecule has 0 aromatic heterocycles. The van der Waals surface area contributed by atoms with Crippen molar-refractivity contribution in [2.45, 2.75) is 32.0 Å². The van der Waals surface area contributed by atoms with E-state index in [-0.39, 0.29) is 0 Å². The highest BCUT2D eigenvalue weighted by Crippen LogP contribution is 2.18. The van der Waals surface area contributed by atoms with E-state index in [9.17, 15) is 4.79 Å². The average Bonchev–Trinajstić information content (AvgIpc) is 2.69. The van der Waals surface area contributed by atoms with E-state index in [2.05, 4.69) is 0 Å². The Morgan fingerprint density at radius 3 is 3.07 bits per heavy atom. The van der Waals surface area contributed by atoms with Crippen LogP contribution >= 0.6 is 11.8 Å². The molecule has 1 N–H and O–H groups in total. The number of ether oxygens (including phenoxy) is 2. The van der Waals surface area contributed by atoms with Crippen LogP contribution in [0.2, 0.25) is 0 Å². The van der Waals surface area contributed by atoms with E-state index in [1.54, 1.807) is 18.7 Å². The van der Waals surface area contributed by atoms with Crippen LogP contribution in [0.5, 0.6) is 0 Å². The molecule has 0 radical (unpaired) electrons. The van der Waals surface area contributed by atoms with E-state index in [1.807, 2.05) is 0 Å². The normalized spacial score (nSPS) is 22.9. The summed E-state index contributed by atoms with van der Waals surface area (Å²) in [5, 5.41) is 8.83. The number of hydrogen-bond acceptors (Lipinski definition) is 4. The molecule has 2 unspecified atom stereocenters. The third-order valence-electron chi connectivity index (χ3n) is 2.24. The number of carboxylic acid groups (broad SMARTS) is 1. The molecular formula is C10H18O4S. The van der Waals surface area contributed by atoms with Crippen LogP contribution in [0.25, 0.3) is 0 Å². The average molecular weight is 234 g/mol. The molecule has 0 bridgehead atoms. The molecule has 1 aliphatic rings. The van der Waals surface area contributed by atoms with Gasteiger partial charge in [0, 0.05) is 24.7 Å². The first-order valence-electron chi connectivity index (χ1n) is 5.27. The maximum absolute atomic E-state index is 10.7. The molecule has 0 amide bonds. The third-order valence-corrected chi connectivity index (χ3v) is 3.39. The Morgan fingerprint density at radius 2 is 2.53 bits per heavy atom. The van der Waals surface area contributed by atoms with Gasteiger partial charge in [-0.05, 0) is 19.8 Å². The maximum Gasteiger partial charge on any atom is 0.333 e. The third kappa shape index (κ3) is 4.86. The second kappa shape index (κ2) is 7.09. The summed E-state index contributed by atoms with van der Waals surface area (Å²) >= 11 is 1.60. The minimum atomic E-state index is -0.878. The molecule has 2 atom stereocenters. The Hall–Kier alpha value is -0.260. The number of thioether (sulfide) groups is 1. The minimum Gasteiger partial charge on any atom is -0.479 e. The van der Waals surface area contributed by atoms with E-state index in [4.69, 9.17) is 14.6 Å². The smallest absolute Gasteiger partial charge is 0.333 e. The summed E-state index contributed by atoms with van der Waals surface area (Å²) in [6, 6.07) is 0. The first kappa shape index (κ1) is 12.8. The van der Waals surface area contributed by atoms with E-state index >= 15 is 0 Å². The van der Waals surface area contributed by atoms with Gasteiger partial charge in [-0.3, -0.25) is 0 Å². The fraction of sp³-hybridized carbons (Fsp3) is 0.900. The molecule has 0 aromatic carbocycles. The number of aliphatic carboxylic acids is 1. The van der Waals surface area contributed by atoms with E-state index in [1.165, 1.54) is 0 Å². The van der Waals surface area contributed by atoms with Crippen LogP contribution in [0.15, 0.2) is 0 Å². The summed E-state index contributed by atoms with van der Waals surface area (Å²) in [6.45, 7) is 3.09. The van der Waals surface area contributed by atoms with Gasteiger partial charge in [0.15, 0.2) is 6.10 Å². The Morgan fingerprint density at radius 1 is 1.73 bits per heavy atom. The molecule has 5 heteroatoms. The van der Waals surface area contributed by atoms with Crippen molar-refractivity contribution < 1.29 is 19.4 Å². The lowest BCUT2D eigenvalue weighted by Gasteiger charge is -2.13. The van der Waals surface area contributed by atoms with Crippen LogP contribution in [0.1, 0.15) is 19.8 Å². The molecule has 0 spiro atoms. The Kier molecular flexibility index (Phi) is 6.05. The first-order valence-corrected chi connectivity index (χ1v) is 6.43. The van der Waals surface area contributed by atoms with Crippen molar-refractivity contribution in [1.82, 2.24) is 0 Å². The summed E-state index contributed by atoms with van der Waals surface area (Å²) in [6.07, 6.45) is 1.85. The molecule has 1 rings (SSSR count). The lowest BCUT2D eigenvalue weighted by molar-refractivity contribution is -0.148. The van der Waals surface area contributed by atoms with Gasteiger partial charge < -0.3 is 14.6 Å². The SMILES string of the molecule is CCOC(CSCC1CCCO1)C(=O)O. The van der Waals surface area contributed by atoms with Gasteiger partial charge in [-0.2, -0.15) is 11.8 Å². The number of carbonyl (C=O) groups is 1. The van der Waals surface area contributed by atoms with Crippen LogP contribution in [0.3, 0.4) is 0 Å². The molecule has 0 saturated carbocycles. The van der Waals surface area contributed by atoms with E-state index in [0.717, 1.165) is 25.2 Å². The van der Waals surface area contributed by atoms with Crippen molar-refractivity contribution in [3.8, 4) is 0 Å². The Bertz CT molecular complexity index is 192. The van der Waals surface area contributed by atoms with Gasteiger partial charge >= 0.3 is 5.97 Å². The second-order valence-corrected chi connectivity index (χ2v) is 4.53. The van der Waals surface area contributed by atoms with Gasteiger partial charge in [-0.15, -0.1) is 0 Å². The van der Waals surface area contributed by atoms with Gasteiger partial charge in [-0.1, -0.05) is 0 Å². The summed E-state index contributed by atoms with van der Waals surface area (Å²) in [5.74, 6) is 0.497. The second-order valence-electron chi connectivity index (χ2n) is 3.45. The van der Waals surface area contributed by atoms with Crippen molar-refractivity contribution >= 4 is 17.7 Å². The molecular weight excluding hydrogens is 216 g/mol. The van der Waals surface area contributed by atoms with Crippen molar-refractivity contribution in [1.29, 1.82) is 0 Å². The molecule has 1 fully saturated rings. The predicted molar refractivity (Wildman–Crippen MR) is 59.3 cm³/mol. The fourth-order valence-electron chi connectivity index (χ4n) is 1.47. The molecule has 1 heterocycles. The van der Waals surface area contributed by atoms with Gasteiger partial charge in [0.05, 0.1) is 6.10 Å². The van der Waals surface area contributed by atoms with Crippen molar-refractivity contribution in [2.75, 3.05) is 24.7 Å². The molecule has 1 aliphatic heterocycles. The summed E-state index contributed by atoms with van der Waals surface area (Å²) in [4.78, 5) is 10.7. The van der Waals surface area contributed by atoms with Gasteiger partial charge in [0.25, 0.3) is 0 Å². The summed E-state index contributed by atoms with van der Waals surface area (Å²) in [7, 11) is 0. The lowest BCUT2D eigenvalue weighted by atomic mass is 10.3. The zero-order valence-electron chi connectivity index (χ0n) is 8.98. The number of rotatable bonds is 7. The molecule has 4 nitrogen and oxygen atoms in total. The molecule has 15 heavy (non-hydrogen) atoms. The number of hydrogen-bond donors (Lipinski definition) is 1. The molecule has 88 valence electrons. The van der Waals surface area contributed by atoms with Crippen molar-refractivity contribution in [3.05, 3.63) is 0 Å². The quantitative estimate of drug-likeness (QED) is 0.721. The van der Waals surface area contributed by atoms with Gasteiger partial charge in [-0.25, -0.2) is 4.79 Å². The molecule has 1 saturated heterocycles. The largest absolute Gasteiger partial charge is 0.479 e. The first-order chi connectivity index (χ1) is 7.24. The van der Waals surface area contributed by atoms with Crippen molar-refractivity contribution in [2.24, 2.45) is 0 Å². The number of carboxylic acids is 1. The highest BCUT2D eigenvalue weighted by atomic mass is 32.2. The minimum absolute atomic E-state index is 0.311. The Labute approximate surface area is 94.3 Å². The maximum atomic E-state index is 10.7. The van der Waals surface area contributed by atoms with Crippen LogP contribution in [0.4, 0.5) is 0 Å². The topological polar surface area (TPSA) is 55.8 Å². The van der Waals surface area contributed by atoms with Crippen LogP contribution in [-0.2, 0) is 14.3 Å². The van der Waals surface area contributed by atoms with E-state index in [0.29, 0.717) is 18.5 Å². The summed E-state index contributed by atoms with van der Waals surface area (Å²) < 4.78 is 10.6. The highest BCUT2D eigenvalue weighted by Gasteiger charge is 2.20. The molecule has 0 aromatic rings.